The maximum atomic E-state index is 9.32. The average Bonchev–Trinajstić information content (AvgIpc) is 2.50. The second kappa shape index (κ2) is 8.51. The van der Waals surface area contributed by atoms with E-state index in [2.05, 4.69) is 47.9 Å². The van der Waals surface area contributed by atoms with Crippen LogP contribution in [-0.4, -0.2) is 59.8 Å². The highest BCUT2D eigenvalue weighted by Gasteiger charge is 2.28. The molecule has 1 fully saturated rings. The second-order valence-corrected chi connectivity index (χ2v) is 6.31. The lowest BCUT2D eigenvalue weighted by molar-refractivity contribution is 0.0349. The first-order valence-electron chi connectivity index (χ1n) is 8.44. The third-order valence-electron chi connectivity index (χ3n) is 4.38. The number of piperazine rings is 1. The SMILES string of the molecule is CCOc1ccc(CN2CCN(C(C)C)C(CCO)C2)cc1. The van der Waals surface area contributed by atoms with Gasteiger partial charge in [-0.1, -0.05) is 12.1 Å². The normalized spacial score (nSPS) is 20.5. The quantitative estimate of drug-likeness (QED) is 0.839. The van der Waals surface area contributed by atoms with E-state index in [1.54, 1.807) is 0 Å². The molecule has 0 spiro atoms. The van der Waals surface area contributed by atoms with Crippen LogP contribution in [0, 0.1) is 0 Å². The van der Waals surface area contributed by atoms with Crippen molar-refractivity contribution < 1.29 is 9.84 Å². The molecule has 1 saturated heterocycles. The molecule has 0 aromatic heterocycles. The Bertz CT molecular complexity index is 433. The molecular formula is C18H30N2O2. The van der Waals surface area contributed by atoms with Crippen molar-refractivity contribution >= 4 is 0 Å². The molecule has 124 valence electrons. The Balaban J connectivity index is 1.92. The van der Waals surface area contributed by atoms with E-state index in [4.69, 9.17) is 4.74 Å². The molecule has 0 bridgehead atoms. The largest absolute Gasteiger partial charge is 0.494 e. The summed E-state index contributed by atoms with van der Waals surface area (Å²) in [5, 5.41) is 9.32. The molecule has 22 heavy (non-hydrogen) atoms. The summed E-state index contributed by atoms with van der Waals surface area (Å²) in [6, 6.07) is 9.41. The van der Waals surface area contributed by atoms with Crippen molar-refractivity contribution in [2.24, 2.45) is 0 Å². The third-order valence-corrected chi connectivity index (χ3v) is 4.38. The highest BCUT2D eigenvalue weighted by atomic mass is 16.5. The molecule has 1 aromatic carbocycles. The van der Waals surface area contributed by atoms with Crippen molar-refractivity contribution in [3.05, 3.63) is 29.8 Å². The summed E-state index contributed by atoms with van der Waals surface area (Å²) in [5.41, 5.74) is 1.32. The molecule has 4 nitrogen and oxygen atoms in total. The number of rotatable bonds is 7. The standard InChI is InChI=1S/C18H30N2O2/c1-4-22-18-7-5-16(6-8-18)13-19-10-11-20(15(2)3)17(14-19)9-12-21/h5-8,15,17,21H,4,9-14H2,1-3H3. The Morgan fingerprint density at radius 2 is 1.95 bits per heavy atom. The fourth-order valence-corrected chi connectivity index (χ4v) is 3.28. The van der Waals surface area contributed by atoms with E-state index in [0.29, 0.717) is 18.7 Å². The van der Waals surface area contributed by atoms with Crippen LogP contribution in [0.5, 0.6) is 5.75 Å². The maximum absolute atomic E-state index is 9.32. The van der Waals surface area contributed by atoms with Crippen LogP contribution in [0.15, 0.2) is 24.3 Å². The van der Waals surface area contributed by atoms with E-state index < -0.39 is 0 Å². The number of hydrogen-bond acceptors (Lipinski definition) is 4. The summed E-state index contributed by atoms with van der Waals surface area (Å²) in [4.78, 5) is 5.01. The van der Waals surface area contributed by atoms with E-state index in [9.17, 15) is 5.11 Å². The molecular weight excluding hydrogens is 276 g/mol. The molecule has 0 saturated carbocycles. The molecule has 1 unspecified atom stereocenters. The van der Waals surface area contributed by atoms with Gasteiger partial charge in [-0.2, -0.15) is 0 Å². The van der Waals surface area contributed by atoms with Gasteiger partial charge in [-0.15, -0.1) is 0 Å². The molecule has 1 aromatic rings. The van der Waals surface area contributed by atoms with Crippen LogP contribution in [0.4, 0.5) is 0 Å². The zero-order valence-electron chi connectivity index (χ0n) is 14.2. The zero-order chi connectivity index (χ0) is 15.9. The Hall–Kier alpha value is -1.10. The monoisotopic (exact) mass is 306 g/mol. The van der Waals surface area contributed by atoms with Gasteiger partial charge in [-0.05, 0) is 44.9 Å². The van der Waals surface area contributed by atoms with Crippen LogP contribution in [-0.2, 0) is 6.54 Å². The van der Waals surface area contributed by atoms with Crippen molar-refractivity contribution in [2.45, 2.75) is 45.8 Å². The van der Waals surface area contributed by atoms with Crippen LogP contribution >= 0.6 is 0 Å². The number of aliphatic hydroxyl groups is 1. The molecule has 1 aliphatic rings. The summed E-state index contributed by atoms with van der Waals surface area (Å²) in [7, 11) is 0. The van der Waals surface area contributed by atoms with Gasteiger partial charge in [0.2, 0.25) is 0 Å². The number of ether oxygens (including phenoxy) is 1. The van der Waals surface area contributed by atoms with Crippen LogP contribution in [0.3, 0.4) is 0 Å². The van der Waals surface area contributed by atoms with Gasteiger partial charge in [0.05, 0.1) is 6.61 Å². The van der Waals surface area contributed by atoms with Gasteiger partial charge in [0.25, 0.3) is 0 Å². The van der Waals surface area contributed by atoms with E-state index >= 15 is 0 Å². The minimum Gasteiger partial charge on any atom is -0.494 e. The molecule has 1 heterocycles. The van der Waals surface area contributed by atoms with Gasteiger partial charge in [-0.25, -0.2) is 0 Å². The highest BCUT2D eigenvalue weighted by Crippen LogP contribution is 2.19. The van der Waals surface area contributed by atoms with Crippen LogP contribution in [0.2, 0.25) is 0 Å². The van der Waals surface area contributed by atoms with Gasteiger partial charge in [-0.3, -0.25) is 9.80 Å². The summed E-state index contributed by atoms with van der Waals surface area (Å²) < 4.78 is 5.49. The van der Waals surface area contributed by atoms with E-state index in [1.807, 2.05) is 6.92 Å². The van der Waals surface area contributed by atoms with Gasteiger partial charge in [0, 0.05) is 44.9 Å². The van der Waals surface area contributed by atoms with E-state index in [0.717, 1.165) is 38.3 Å². The summed E-state index contributed by atoms with van der Waals surface area (Å²) >= 11 is 0. The fourth-order valence-electron chi connectivity index (χ4n) is 3.28. The maximum Gasteiger partial charge on any atom is 0.119 e. The molecule has 2 rings (SSSR count). The van der Waals surface area contributed by atoms with Crippen molar-refractivity contribution in [1.29, 1.82) is 0 Å². The topological polar surface area (TPSA) is 35.9 Å². The van der Waals surface area contributed by atoms with Gasteiger partial charge >= 0.3 is 0 Å². The number of aliphatic hydroxyl groups excluding tert-OH is 1. The molecule has 1 N–H and O–H groups in total. The Kier molecular flexibility index (Phi) is 6.68. The zero-order valence-corrected chi connectivity index (χ0v) is 14.2. The third kappa shape index (κ3) is 4.70. The average molecular weight is 306 g/mol. The van der Waals surface area contributed by atoms with Crippen molar-refractivity contribution in [3.8, 4) is 5.75 Å². The first-order chi connectivity index (χ1) is 10.6. The predicted octanol–water partition coefficient (Wildman–Crippen LogP) is 2.36. The lowest BCUT2D eigenvalue weighted by Crippen LogP contribution is -2.55. The highest BCUT2D eigenvalue weighted by molar-refractivity contribution is 5.27. The lowest BCUT2D eigenvalue weighted by Gasteiger charge is -2.43. The predicted molar refractivity (Wildman–Crippen MR) is 90.2 cm³/mol. The van der Waals surface area contributed by atoms with Crippen molar-refractivity contribution in [2.75, 3.05) is 32.8 Å². The van der Waals surface area contributed by atoms with Crippen LogP contribution < -0.4 is 4.74 Å². The van der Waals surface area contributed by atoms with Crippen LogP contribution in [0.1, 0.15) is 32.8 Å². The van der Waals surface area contributed by atoms with E-state index in [-0.39, 0.29) is 6.61 Å². The fraction of sp³-hybridized carbons (Fsp3) is 0.667. The lowest BCUT2D eigenvalue weighted by atomic mass is 10.1. The molecule has 1 atom stereocenters. The first kappa shape index (κ1) is 17.3. The molecule has 1 aliphatic heterocycles. The van der Waals surface area contributed by atoms with Crippen molar-refractivity contribution in [3.63, 3.8) is 0 Å². The summed E-state index contributed by atoms with van der Waals surface area (Å²) in [6.45, 7) is 11.6. The molecule has 0 aliphatic carbocycles. The molecule has 0 amide bonds. The Labute approximate surface area is 134 Å². The smallest absolute Gasteiger partial charge is 0.119 e. The molecule has 0 radical (unpaired) electrons. The first-order valence-corrected chi connectivity index (χ1v) is 8.44. The number of benzene rings is 1. The number of nitrogens with zero attached hydrogens (tertiary/aromatic N) is 2. The van der Waals surface area contributed by atoms with Gasteiger partial charge < -0.3 is 9.84 Å². The number of hydrogen-bond donors (Lipinski definition) is 1. The van der Waals surface area contributed by atoms with Gasteiger partial charge in [0.1, 0.15) is 5.75 Å². The summed E-state index contributed by atoms with van der Waals surface area (Å²) in [5.74, 6) is 0.939. The Morgan fingerprint density at radius 1 is 1.23 bits per heavy atom. The van der Waals surface area contributed by atoms with E-state index in [1.165, 1.54) is 5.56 Å². The van der Waals surface area contributed by atoms with Crippen molar-refractivity contribution in [1.82, 2.24) is 9.80 Å². The summed E-state index contributed by atoms with van der Waals surface area (Å²) in [6.07, 6.45) is 0.859. The molecule has 4 heteroatoms. The Morgan fingerprint density at radius 3 is 2.55 bits per heavy atom. The van der Waals surface area contributed by atoms with Gasteiger partial charge in [0.15, 0.2) is 0 Å². The minimum atomic E-state index is 0.269. The minimum absolute atomic E-state index is 0.269. The second-order valence-electron chi connectivity index (χ2n) is 6.31. The van der Waals surface area contributed by atoms with Crippen LogP contribution in [0.25, 0.3) is 0 Å².